The Balaban J connectivity index is 2.08. The molecule has 0 spiro atoms. The first-order valence-corrected chi connectivity index (χ1v) is 8.21. The Morgan fingerprint density at radius 1 is 1.04 bits per heavy atom. The summed E-state index contributed by atoms with van der Waals surface area (Å²) in [6, 6.07) is 15.1. The fourth-order valence-electron chi connectivity index (χ4n) is 2.41. The van der Waals surface area contributed by atoms with E-state index in [4.69, 9.17) is 0 Å². The van der Waals surface area contributed by atoms with E-state index in [9.17, 15) is 14.0 Å². The number of hydrogen-bond donors (Lipinski definition) is 1. The van der Waals surface area contributed by atoms with Crippen LogP contribution in [-0.4, -0.2) is 22.4 Å². The van der Waals surface area contributed by atoms with Crippen molar-refractivity contribution in [2.75, 3.05) is 0 Å². The van der Waals surface area contributed by atoms with Crippen LogP contribution in [0.2, 0.25) is 0 Å². The van der Waals surface area contributed by atoms with Gasteiger partial charge in [-0.3, -0.25) is 15.0 Å². The number of nitrogens with one attached hydrogen (secondary N) is 1. The molecule has 2 aromatic rings. The van der Waals surface area contributed by atoms with E-state index in [-0.39, 0.29) is 17.9 Å². The lowest BCUT2D eigenvalue weighted by Crippen LogP contribution is -2.56. The first-order chi connectivity index (χ1) is 11.8. The van der Waals surface area contributed by atoms with Gasteiger partial charge in [0, 0.05) is 12.0 Å². The van der Waals surface area contributed by atoms with Gasteiger partial charge in [0.05, 0.1) is 5.54 Å². The van der Waals surface area contributed by atoms with Crippen molar-refractivity contribution < 1.29 is 14.0 Å². The van der Waals surface area contributed by atoms with E-state index in [1.54, 1.807) is 0 Å². The maximum atomic E-state index is 13.3. The number of nitrogens with zero attached hydrogens (tertiary/aromatic N) is 1. The molecule has 132 valence electrons. The van der Waals surface area contributed by atoms with Crippen LogP contribution in [0.4, 0.5) is 4.39 Å². The highest BCUT2D eigenvalue weighted by atomic mass is 19.1. The van der Waals surface area contributed by atoms with E-state index < -0.39 is 17.3 Å². The molecule has 2 rings (SSSR count). The third kappa shape index (κ3) is 5.41. The second-order valence-electron chi connectivity index (χ2n) is 6.84. The second-order valence-corrected chi connectivity index (χ2v) is 6.84. The lowest BCUT2D eigenvalue weighted by molar-refractivity contribution is -0.139. The molecule has 0 aliphatic rings. The zero-order valence-corrected chi connectivity index (χ0v) is 14.8. The summed E-state index contributed by atoms with van der Waals surface area (Å²) in [4.78, 5) is 25.0. The molecular weight excluding hydrogens is 319 g/mol. The number of rotatable bonds is 4. The summed E-state index contributed by atoms with van der Waals surface area (Å²) in [7, 11) is 0. The molecule has 1 N–H and O–H groups in total. The zero-order chi connectivity index (χ0) is 18.4. The Kier molecular flexibility index (Phi) is 5.91. The maximum Gasteiger partial charge on any atom is 0.269 e. The van der Waals surface area contributed by atoms with E-state index in [0.29, 0.717) is 6.42 Å². The van der Waals surface area contributed by atoms with Crippen molar-refractivity contribution in [2.45, 2.75) is 39.2 Å². The average molecular weight is 342 g/mol. The molecular formula is C20H23FN2O2. The minimum Gasteiger partial charge on any atom is -0.273 e. The number of benzene rings is 2. The summed E-state index contributed by atoms with van der Waals surface area (Å²) >= 11 is 0. The van der Waals surface area contributed by atoms with Crippen molar-refractivity contribution in [1.82, 2.24) is 10.4 Å². The SMILES string of the molecule is CC(C)(C)N(NC(=O)c1cccc(F)c1)C(=O)CCc1ccccc1. The van der Waals surface area contributed by atoms with E-state index in [1.807, 2.05) is 51.1 Å². The molecule has 0 fully saturated rings. The maximum absolute atomic E-state index is 13.3. The first kappa shape index (κ1) is 18.6. The smallest absolute Gasteiger partial charge is 0.269 e. The predicted molar refractivity (Wildman–Crippen MR) is 95.2 cm³/mol. The summed E-state index contributed by atoms with van der Waals surface area (Å²) in [5.74, 6) is -1.20. The first-order valence-electron chi connectivity index (χ1n) is 8.21. The van der Waals surface area contributed by atoms with Crippen LogP contribution in [0.5, 0.6) is 0 Å². The van der Waals surface area contributed by atoms with Gasteiger partial charge < -0.3 is 0 Å². The summed E-state index contributed by atoms with van der Waals surface area (Å²) < 4.78 is 13.3. The van der Waals surface area contributed by atoms with Crippen molar-refractivity contribution in [2.24, 2.45) is 0 Å². The minimum atomic E-state index is -0.600. The number of aryl methyl sites for hydroxylation is 1. The largest absolute Gasteiger partial charge is 0.273 e. The number of hydrogen-bond acceptors (Lipinski definition) is 2. The molecule has 2 amide bonds. The Bertz CT molecular complexity index is 739. The van der Waals surface area contributed by atoms with Crippen LogP contribution in [0.15, 0.2) is 54.6 Å². The average Bonchev–Trinajstić information content (AvgIpc) is 2.57. The third-order valence-electron chi connectivity index (χ3n) is 3.69. The molecule has 4 nitrogen and oxygen atoms in total. The van der Waals surface area contributed by atoms with Gasteiger partial charge in [-0.2, -0.15) is 0 Å². The van der Waals surface area contributed by atoms with Gasteiger partial charge in [0.15, 0.2) is 0 Å². The Hall–Kier alpha value is -2.69. The highest BCUT2D eigenvalue weighted by Crippen LogP contribution is 2.15. The molecule has 0 radical (unpaired) electrons. The van der Waals surface area contributed by atoms with E-state index in [1.165, 1.54) is 23.2 Å². The molecule has 0 aliphatic carbocycles. The normalized spacial score (nSPS) is 11.0. The second kappa shape index (κ2) is 7.92. The number of carbonyl (C=O) groups excluding carboxylic acids is 2. The lowest BCUT2D eigenvalue weighted by atomic mass is 10.1. The molecule has 0 atom stereocenters. The quantitative estimate of drug-likeness (QED) is 0.861. The van der Waals surface area contributed by atoms with Crippen LogP contribution in [0.1, 0.15) is 43.1 Å². The highest BCUT2D eigenvalue weighted by molar-refractivity contribution is 5.95. The molecule has 25 heavy (non-hydrogen) atoms. The Morgan fingerprint density at radius 3 is 2.32 bits per heavy atom. The van der Waals surface area contributed by atoms with Gasteiger partial charge in [0.2, 0.25) is 5.91 Å². The third-order valence-corrected chi connectivity index (χ3v) is 3.69. The minimum absolute atomic E-state index is 0.171. The molecule has 0 heterocycles. The summed E-state index contributed by atoms with van der Waals surface area (Å²) in [6.45, 7) is 5.50. The molecule has 5 heteroatoms. The van der Waals surface area contributed by atoms with Gasteiger partial charge in [0.1, 0.15) is 5.82 Å². The summed E-state index contributed by atoms with van der Waals surface area (Å²) in [6.07, 6.45) is 0.854. The van der Waals surface area contributed by atoms with Crippen LogP contribution in [-0.2, 0) is 11.2 Å². The van der Waals surface area contributed by atoms with Gasteiger partial charge >= 0.3 is 0 Å². The van der Waals surface area contributed by atoms with Crippen LogP contribution in [0.25, 0.3) is 0 Å². The van der Waals surface area contributed by atoms with Crippen LogP contribution in [0.3, 0.4) is 0 Å². The predicted octanol–water partition coefficient (Wildman–Crippen LogP) is 3.73. The van der Waals surface area contributed by atoms with Crippen molar-refractivity contribution >= 4 is 11.8 Å². The summed E-state index contributed by atoms with van der Waals surface area (Å²) in [5.41, 5.74) is 3.24. The van der Waals surface area contributed by atoms with Gasteiger partial charge in [-0.25, -0.2) is 9.40 Å². The number of carbonyl (C=O) groups is 2. The highest BCUT2D eigenvalue weighted by Gasteiger charge is 2.28. The van der Waals surface area contributed by atoms with Crippen LogP contribution >= 0.6 is 0 Å². The van der Waals surface area contributed by atoms with Crippen LogP contribution in [0, 0.1) is 5.82 Å². The van der Waals surface area contributed by atoms with Crippen molar-refractivity contribution in [3.05, 3.63) is 71.5 Å². The molecule has 2 aromatic carbocycles. The fourth-order valence-corrected chi connectivity index (χ4v) is 2.41. The summed E-state index contributed by atoms with van der Waals surface area (Å²) in [5, 5.41) is 1.32. The molecule has 0 saturated carbocycles. The van der Waals surface area contributed by atoms with Crippen LogP contribution < -0.4 is 5.43 Å². The van der Waals surface area contributed by atoms with E-state index in [0.717, 1.165) is 11.6 Å². The molecule has 0 saturated heterocycles. The number of amides is 2. The Labute approximate surface area is 147 Å². The lowest BCUT2D eigenvalue weighted by Gasteiger charge is -2.35. The van der Waals surface area contributed by atoms with E-state index >= 15 is 0 Å². The van der Waals surface area contributed by atoms with Gasteiger partial charge in [-0.15, -0.1) is 0 Å². The Morgan fingerprint density at radius 2 is 1.72 bits per heavy atom. The van der Waals surface area contributed by atoms with Gasteiger partial charge in [0.25, 0.3) is 5.91 Å². The monoisotopic (exact) mass is 342 g/mol. The van der Waals surface area contributed by atoms with Gasteiger partial charge in [-0.1, -0.05) is 36.4 Å². The van der Waals surface area contributed by atoms with Gasteiger partial charge in [-0.05, 0) is 51.0 Å². The van der Waals surface area contributed by atoms with E-state index in [2.05, 4.69) is 5.43 Å². The van der Waals surface area contributed by atoms with Crippen molar-refractivity contribution in [3.63, 3.8) is 0 Å². The zero-order valence-electron chi connectivity index (χ0n) is 14.8. The fraction of sp³-hybridized carbons (Fsp3) is 0.300. The topological polar surface area (TPSA) is 49.4 Å². The number of halogens is 1. The van der Waals surface area contributed by atoms with Crippen molar-refractivity contribution in [3.8, 4) is 0 Å². The molecule has 0 aromatic heterocycles. The molecule has 0 unspecified atom stereocenters. The number of hydrazine groups is 1. The molecule has 0 aliphatic heterocycles. The van der Waals surface area contributed by atoms with Crippen molar-refractivity contribution in [1.29, 1.82) is 0 Å². The molecule has 0 bridgehead atoms. The standard InChI is InChI=1S/C20H23FN2O2/c1-20(2,3)23(18(24)13-12-15-8-5-4-6-9-15)22-19(25)16-10-7-11-17(21)14-16/h4-11,14H,12-13H2,1-3H3,(H,22,25).